The lowest BCUT2D eigenvalue weighted by atomic mass is 9.82. The first-order valence-corrected chi connectivity index (χ1v) is 10.1. The normalized spacial score (nSPS) is 25.8. The molecule has 1 saturated carbocycles. The van der Waals surface area contributed by atoms with Crippen LogP contribution in [0.3, 0.4) is 0 Å². The minimum Gasteiger partial charge on any atom is -0.484 e. The van der Waals surface area contributed by atoms with E-state index in [0.29, 0.717) is 24.4 Å². The predicted molar refractivity (Wildman–Crippen MR) is 99.0 cm³/mol. The highest BCUT2D eigenvalue weighted by Crippen LogP contribution is 2.41. The predicted octanol–water partition coefficient (Wildman–Crippen LogP) is 3.41. The van der Waals surface area contributed by atoms with Gasteiger partial charge in [0.15, 0.2) is 6.61 Å². The third kappa shape index (κ3) is 5.94. The zero-order chi connectivity index (χ0) is 22.7. The van der Waals surface area contributed by atoms with Crippen molar-refractivity contribution in [1.82, 2.24) is 15.5 Å². The lowest BCUT2D eigenvalue weighted by molar-refractivity contribution is -0.352. The van der Waals surface area contributed by atoms with Gasteiger partial charge in [0.1, 0.15) is 17.7 Å². The molecule has 1 aromatic heterocycles. The van der Waals surface area contributed by atoms with E-state index in [0.717, 1.165) is 0 Å². The Kier molecular flexibility index (Phi) is 6.60. The summed E-state index contributed by atoms with van der Waals surface area (Å²) in [6, 6.07) is 5.14. The first kappa shape index (κ1) is 22.5. The molecule has 32 heavy (non-hydrogen) atoms. The Morgan fingerprint density at radius 1 is 1.19 bits per heavy atom. The van der Waals surface area contributed by atoms with Gasteiger partial charge < -0.3 is 19.3 Å². The number of amides is 1. The van der Waals surface area contributed by atoms with E-state index in [-0.39, 0.29) is 49.8 Å². The van der Waals surface area contributed by atoms with E-state index in [2.05, 4.69) is 20.2 Å². The standard InChI is InChI=1S/C20H21F4N3O5/c21-12-1-4-14(5-2-12)29-10-17(28)25-13-3-6-16(30-9-13)18-26-19(32-27-18)11-7-15(8-11)31-20(22,23)24/h1-2,4-5,11,13,15-16H,3,6-10H2,(H,25,28)/t11?,13-,15?,16+/m0/s1. The number of carbonyl (C=O) groups excluding carboxylic acids is 1. The molecule has 2 aliphatic rings. The molecule has 2 heterocycles. The van der Waals surface area contributed by atoms with Crippen molar-refractivity contribution in [1.29, 1.82) is 0 Å². The van der Waals surface area contributed by atoms with Gasteiger partial charge in [0.25, 0.3) is 5.91 Å². The Labute approximate surface area is 180 Å². The van der Waals surface area contributed by atoms with Gasteiger partial charge in [-0.15, -0.1) is 13.2 Å². The fourth-order valence-electron chi connectivity index (χ4n) is 3.61. The maximum absolute atomic E-state index is 12.9. The van der Waals surface area contributed by atoms with Crippen LogP contribution in [0.25, 0.3) is 0 Å². The number of rotatable bonds is 7. The monoisotopic (exact) mass is 459 g/mol. The fraction of sp³-hybridized carbons (Fsp3) is 0.550. The number of halogens is 4. The molecule has 1 N–H and O–H groups in total. The fourth-order valence-corrected chi connectivity index (χ4v) is 3.61. The zero-order valence-electron chi connectivity index (χ0n) is 16.8. The number of carbonyl (C=O) groups is 1. The summed E-state index contributed by atoms with van der Waals surface area (Å²) in [5.74, 6) is 0.0155. The summed E-state index contributed by atoms with van der Waals surface area (Å²) >= 11 is 0. The van der Waals surface area contributed by atoms with E-state index in [1.807, 2.05) is 0 Å². The number of alkyl halides is 3. The molecule has 0 bridgehead atoms. The average molecular weight is 459 g/mol. The number of ether oxygens (including phenoxy) is 3. The summed E-state index contributed by atoms with van der Waals surface area (Å²) in [5.41, 5.74) is 0. The molecule has 2 atom stereocenters. The quantitative estimate of drug-likeness (QED) is 0.634. The molecule has 1 aliphatic heterocycles. The molecule has 0 unspecified atom stereocenters. The molecule has 174 valence electrons. The first-order chi connectivity index (χ1) is 15.2. The highest BCUT2D eigenvalue weighted by atomic mass is 19.4. The summed E-state index contributed by atoms with van der Waals surface area (Å²) in [6.07, 6.45) is -4.47. The van der Waals surface area contributed by atoms with Gasteiger partial charge in [0.05, 0.1) is 18.8 Å². The number of nitrogens with one attached hydrogen (secondary N) is 1. The number of hydrogen-bond donors (Lipinski definition) is 1. The van der Waals surface area contributed by atoms with E-state index in [9.17, 15) is 22.4 Å². The molecule has 12 heteroatoms. The summed E-state index contributed by atoms with van der Waals surface area (Å²) in [6.45, 7) is 0.0297. The Morgan fingerprint density at radius 2 is 1.94 bits per heavy atom. The van der Waals surface area contributed by atoms with Crippen LogP contribution in [0.15, 0.2) is 28.8 Å². The van der Waals surface area contributed by atoms with Crippen LogP contribution in [-0.2, 0) is 14.3 Å². The van der Waals surface area contributed by atoms with Crippen LogP contribution in [0, 0.1) is 5.82 Å². The highest BCUT2D eigenvalue weighted by molar-refractivity contribution is 5.77. The Bertz CT molecular complexity index is 907. The topological polar surface area (TPSA) is 95.7 Å². The van der Waals surface area contributed by atoms with Gasteiger partial charge in [-0.05, 0) is 49.9 Å². The van der Waals surface area contributed by atoms with Gasteiger partial charge in [-0.3, -0.25) is 9.53 Å². The molecule has 2 aromatic rings. The minimum absolute atomic E-state index is 0.167. The maximum atomic E-state index is 12.9. The second-order valence-corrected chi connectivity index (χ2v) is 7.75. The van der Waals surface area contributed by atoms with Crippen molar-refractivity contribution in [2.75, 3.05) is 13.2 Å². The summed E-state index contributed by atoms with van der Waals surface area (Å²) in [7, 11) is 0. The van der Waals surface area contributed by atoms with Crippen LogP contribution in [0.2, 0.25) is 0 Å². The van der Waals surface area contributed by atoms with Gasteiger partial charge in [-0.1, -0.05) is 5.16 Å². The molecule has 1 amide bonds. The van der Waals surface area contributed by atoms with Gasteiger partial charge in [0.2, 0.25) is 11.7 Å². The van der Waals surface area contributed by atoms with E-state index in [4.69, 9.17) is 14.0 Å². The lowest BCUT2D eigenvalue weighted by Gasteiger charge is -2.32. The summed E-state index contributed by atoms with van der Waals surface area (Å²) in [4.78, 5) is 16.3. The summed E-state index contributed by atoms with van der Waals surface area (Å²) < 4.78 is 69.7. The average Bonchev–Trinajstić information content (AvgIpc) is 3.19. The Balaban J connectivity index is 1.17. The minimum atomic E-state index is -4.65. The van der Waals surface area contributed by atoms with Crippen molar-refractivity contribution in [2.45, 2.75) is 56.2 Å². The van der Waals surface area contributed by atoms with Crippen molar-refractivity contribution >= 4 is 5.91 Å². The van der Waals surface area contributed by atoms with Crippen LogP contribution in [0.1, 0.15) is 49.4 Å². The SMILES string of the molecule is O=C(COc1ccc(F)cc1)N[C@H]1CC[C@H](c2noc(C3CC(OC(F)(F)F)C3)n2)OC1. The highest BCUT2D eigenvalue weighted by Gasteiger charge is 2.43. The van der Waals surface area contributed by atoms with Crippen molar-refractivity contribution in [3.8, 4) is 5.75 Å². The molecule has 1 aromatic carbocycles. The Hall–Kier alpha value is -2.73. The molecule has 2 fully saturated rings. The zero-order valence-corrected chi connectivity index (χ0v) is 16.8. The van der Waals surface area contributed by atoms with Gasteiger partial charge >= 0.3 is 6.36 Å². The van der Waals surface area contributed by atoms with E-state index in [1.54, 1.807) is 0 Å². The van der Waals surface area contributed by atoms with Gasteiger partial charge in [-0.25, -0.2) is 4.39 Å². The number of aromatic nitrogens is 2. The lowest BCUT2D eigenvalue weighted by Crippen LogP contribution is -2.43. The van der Waals surface area contributed by atoms with E-state index in [1.165, 1.54) is 24.3 Å². The molecule has 0 spiro atoms. The van der Waals surface area contributed by atoms with E-state index >= 15 is 0 Å². The Morgan fingerprint density at radius 3 is 2.59 bits per heavy atom. The van der Waals surface area contributed by atoms with Crippen molar-refractivity contribution < 1.29 is 41.1 Å². The third-order valence-corrected chi connectivity index (χ3v) is 5.31. The second-order valence-electron chi connectivity index (χ2n) is 7.75. The van der Waals surface area contributed by atoms with Crippen molar-refractivity contribution in [2.24, 2.45) is 0 Å². The smallest absolute Gasteiger partial charge is 0.484 e. The van der Waals surface area contributed by atoms with Crippen molar-refractivity contribution in [3.05, 3.63) is 41.8 Å². The van der Waals surface area contributed by atoms with Crippen LogP contribution >= 0.6 is 0 Å². The molecular formula is C20H21F4N3O5. The van der Waals surface area contributed by atoms with Crippen LogP contribution in [-0.4, -0.2) is 47.8 Å². The van der Waals surface area contributed by atoms with Gasteiger partial charge in [0, 0.05) is 5.92 Å². The number of nitrogens with zero attached hydrogens (tertiary/aromatic N) is 2. The molecule has 8 nitrogen and oxygen atoms in total. The van der Waals surface area contributed by atoms with Crippen LogP contribution < -0.4 is 10.1 Å². The second kappa shape index (κ2) is 9.41. The first-order valence-electron chi connectivity index (χ1n) is 10.1. The van der Waals surface area contributed by atoms with Crippen LogP contribution in [0.4, 0.5) is 17.6 Å². The third-order valence-electron chi connectivity index (χ3n) is 5.31. The van der Waals surface area contributed by atoms with Crippen molar-refractivity contribution in [3.63, 3.8) is 0 Å². The molecule has 1 aliphatic carbocycles. The maximum Gasteiger partial charge on any atom is 0.522 e. The number of benzene rings is 1. The molecule has 1 saturated heterocycles. The largest absolute Gasteiger partial charge is 0.522 e. The number of hydrogen-bond acceptors (Lipinski definition) is 7. The summed E-state index contributed by atoms with van der Waals surface area (Å²) in [5, 5.41) is 6.69. The molecular weight excluding hydrogens is 438 g/mol. The van der Waals surface area contributed by atoms with E-state index < -0.39 is 24.4 Å². The van der Waals surface area contributed by atoms with Gasteiger partial charge in [-0.2, -0.15) is 4.98 Å². The molecule has 0 radical (unpaired) electrons. The van der Waals surface area contributed by atoms with Crippen LogP contribution in [0.5, 0.6) is 5.75 Å². The molecule has 4 rings (SSSR count).